The van der Waals surface area contributed by atoms with Crippen molar-refractivity contribution in [2.75, 3.05) is 26.7 Å². The van der Waals surface area contributed by atoms with E-state index in [4.69, 9.17) is 4.74 Å². The van der Waals surface area contributed by atoms with Crippen LogP contribution in [0.2, 0.25) is 0 Å². The van der Waals surface area contributed by atoms with Gasteiger partial charge in [-0.05, 0) is 31.2 Å². The van der Waals surface area contributed by atoms with Crippen LogP contribution < -0.4 is 20.3 Å². The smallest absolute Gasteiger partial charge is 0.387 e. The summed E-state index contributed by atoms with van der Waals surface area (Å²) in [5, 5.41) is 5.21. The maximum atomic E-state index is 12.2. The maximum Gasteiger partial charge on any atom is 0.387 e. The largest absolute Gasteiger partial charge is 0.463 e. The van der Waals surface area contributed by atoms with Gasteiger partial charge in [0, 0.05) is 5.56 Å². The summed E-state index contributed by atoms with van der Waals surface area (Å²) in [5.41, 5.74) is 1.82. The van der Waals surface area contributed by atoms with Crippen LogP contribution in [-0.4, -0.2) is 45.4 Å². The number of carbonyl (C=O) groups is 2. The zero-order valence-electron chi connectivity index (χ0n) is 14.6. The Kier molecular flexibility index (Phi) is 6.90. The van der Waals surface area contributed by atoms with Gasteiger partial charge in [-0.15, -0.1) is 0 Å². The maximum absolute atomic E-state index is 12.2. The molecule has 2 rings (SSSR count). The first-order valence-corrected chi connectivity index (χ1v) is 8.18. The Balaban J connectivity index is 2.02. The van der Waals surface area contributed by atoms with Crippen LogP contribution >= 0.6 is 0 Å². The van der Waals surface area contributed by atoms with Gasteiger partial charge in [0.1, 0.15) is 18.8 Å². The Morgan fingerprint density at radius 3 is 2.58 bits per heavy atom. The predicted molar refractivity (Wildman–Crippen MR) is 88.7 cm³/mol. The van der Waals surface area contributed by atoms with Crippen molar-refractivity contribution in [2.24, 2.45) is 0 Å². The fraction of sp³-hybridized carbons (Fsp3) is 0.412. The molecule has 1 aliphatic heterocycles. The number of ether oxygens (including phenoxy) is 2. The van der Waals surface area contributed by atoms with Crippen LogP contribution in [0, 0.1) is 0 Å². The number of hydrogen-bond donors (Lipinski definition) is 3. The van der Waals surface area contributed by atoms with E-state index in [1.54, 1.807) is 19.1 Å². The molecule has 1 unspecified atom stereocenters. The molecule has 1 atom stereocenters. The van der Waals surface area contributed by atoms with E-state index in [9.17, 15) is 18.4 Å². The summed E-state index contributed by atoms with van der Waals surface area (Å²) < 4.78 is 33.7. The number of urea groups is 1. The SMILES string of the molecule is CCOC(=O)C1=C(C[NH+](C)Cc2ccc(OC(F)F)cc2)NC(=O)NC1. The highest BCUT2D eigenvalue weighted by molar-refractivity contribution is 5.93. The van der Waals surface area contributed by atoms with Gasteiger partial charge in [-0.1, -0.05) is 0 Å². The minimum Gasteiger partial charge on any atom is -0.463 e. The molecule has 0 aromatic heterocycles. The molecule has 0 spiro atoms. The molecular weight excluding hydrogens is 348 g/mol. The predicted octanol–water partition coefficient (Wildman–Crippen LogP) is 0.433. The molecule has 9 heteroatoms. The lowest BCUT2D eigenvalue weighted by molar-refractivity contribution is -0.889. The summed E-state index contributed by atoms with van der Waals surface area (Å²) in [6.45, 7) is 0.193. The molecule has 0 bridgehead atoms. The van der Waals surface area contributed by atoms with Crippen LogP contribution in [0.15, 0.2) is 35.5 Å². The lowest BCUT2D eigenvalue weighted by atomic mass is 10.1. The van der Waals surface area contributed by atoms with E-state index in [1.807, 2.05) is 7.05 Å². The molecule has 2 amide bonds. The van der Waals surface area contributed by atoms with Crippen molar-refractivity contribution in [3.05, 3.63) is 41.1 Å². The van der Waals surface area contributed by atoms with Gasteiger partial charge in [-0.25, -0.2) is 9.59 Å². The van der Waals surface area contributed by atoms with Crippen molar-refractivity contribution in [3.63, 3.8) is 0 Å². The molecule has 7 nitrogen and oxygen atoms in total. The number of carbonyl (C=O) groups excluding carboxylic acids is 2. The van der Waals surface area contributed by atoms with E-state index >= 15 is 0 Å². The van der Waals surface area contributed by atoms with Crippen LogP contribution in [-0.2, 0) is 16.1 Å². The third kappa shape index (κ3) is 5.69. The van der Waals surface area contributed by atoms with Gasteiger partial charge in [-0.2, -0.15) is 8.78 Å². The van der Waals surface area contributed by atoms with E-state index in [0.717, 1.165) is 10.5 Å². The minimum atomic E-state index is -2.86. The summed E-state index contributed by atoms with van der Waals surface area (Å²) in [4.78, 5) is 24.6. The van der Waals surface area contributed by atoms with E-state index in [1.165, 1.54) is 12.1 Å². The first-order valence-electron chi connectivity index (χ1n) is 8.18. The fourth-order valence-electron chi connectivity index (χ4n) is 2.60. The standard InChI is InChI=1S/C17H21F2N3O4/c1-3-25-15(23)13-8-20-17(24)21-14(13)10-22(2)9-11-4-6-12(7-5-11)26-16(18)19/h4-7,16H,3,8-10H2,1-2H3,(H2,20,21,24)/p+1. The summed E-state index contributed by atoms with van der Waals surface area (Å²) in [5.74, 6) is -0.365. The number of nitrogens with one attached hydrogen (secondary N) is 3. The topological polar surface area (TPSA) is 81.1 Å². The number of hydrogen-bond acceptors (Lipinski definition) is 4. The Morgan fingerprint density at radius 2 is 1.96 bits per heavy atom. The summed E-state index contributed by atoms with van der Waals surface area (Å²) in [7, 11) is 1.90. The molecule has 0 saturated heterocycles. The van der Waals surface area contributed by atoms with Gasteiger partial charge >= 0.3 is 18.6 Å². The van der Waals surface area contributed by atoms with Gasteiger partial charge in [0.2, 0.25) is 0 Å². The van der Waals surface area contributed by atoms with Gasteiger partial charge in [0.05, 0.1) is 31.5 Å². The van der Waals surface area contributed by atoms with Crippen molar-refractivity contribution >= 4 is 12.0 Å². The molecule has 26 heavy (non-hydrogen) atoms. The first-order chi connectivity index (χ1) is 12.4. The second-order valence-electron chi connectivity index (χ2n) is 5.82. The van der Waals surface area contributed by atoms with Gasteiger partial charge < -0.3 is 25.0 Å². The molecule has 1 aromatic rings. The van der Waals surface area contributed by atoms with Crippen molar-refractivity contribution in [3.8, 4) is 5.75 Å². The normalized spacial score (nSPS) is 15.3. The van der Waals surface area contributed by atoms with Crippen LogP contribution in [0.4, 0.5) is 13.6 Å². The van der Waals surface area contributed by atoms with Gasteiger partial charge in [-0.3, -0.25) is 0 Å². The highest BCUT2D eigenvalue weighted by Gasteiger charge is 2.25. The number of amides is 2. The van der Waals surface area contributed by atoms with E-state index in [0.29, 0.717) is 24.4 Å². The second-order valence-corrected chi connectivity index (χ2v) is 5.82. The molecule has 0 fully saturated rings. The summed E-state index contributed by atoms with van der Waals surface area (Å²) in [6, 6.07) is 5.98. The van der Waals surface area contributed by atoms with Gasteiger partial charge in [0.15, 0.2) is 0 Å². The Bertz CT molecular complexity index is 677. The molecule has 3 N–H and O–H groups in total. The molecule has 0 aliphatic carbocycles. The number of rotatable bonds is 8. The zero-order chi connectivity index (χ0) is 19.1. The number of halogens is 2. The van der Waals surface area contributed by atoms with Gasteiger partial charge in [0.25, 0.3) is 0 Å². The molecule has 142 valence electrons. The van der Waals surface area contributed by atoms with E-state index in [2.05, 4.69) is 15.4 Å². The molecule has 1 aliphatic rings. The molecular formula is C17H22F2N3O4+. The van der Waals surface area contributed by atoms with Crippen LogP contribution in [0.25, 0.3) is 0 Å². The van der Waals surface area contributed by atoms with Crippen molar-refractivity contribution < 1.29 is 32.7 Å². The Labute approximate surface area is 149 Å². The lowest BCUT2D eigenvalue weighted by Crippen LogP contribution is -3.08. The lowest BCUT2D eigenvalue weighted by Gasteiger charge is -2.23. The quantitative estimate of drug-likeness (QED) is 0.580. The third-order valence-electron chi connectivity index (χ3n) is 3.71. The molecule has 0 radical (unpaired) electrons. The fourth-order valence-corrected chi connectivity index (χ4v) is 2.60. The molecule has 0 saturated carbocycles. The number of benzene rings is 1. The average Bonchev–Trinajstić information content (AvgIpc) is 2.56. The third-order valence-corrected chi connectivity index (χ3v) is 3.71. The zero-order valence-corrected chi connectivity index (χ0v) is 14.6. The Hall–Kier alpha value is -2.68. The van der Waals surface area contributed by atoms with E-state index in [-0.39, 0.29) is 24.9 Å². The number of esters is 1. The number of quaternary nitrogens is 1. The minimum absolute atomic E-state index is 0.0966. The van der Waals surface area contributed by atoms with Crippen molar-refractivity contribution in [2.45, 2.75) is 20.1 Å². The van der Waals surface area contributed by atoms with Crippen molar-refractivity contribution in [1.29, 1.82) is 0 Å². The summed E-state index contributed by atoms with van der Waals surface area (Å²) in [6.07, 6.45) is 0. The summed E-state index contributed by atoms with van der Waals surface area (Å²) >= 11 is 0. The van der Waals surface area contributed by atoms with Crippen LogP contribution in [0.3, 0.4) is 0 Å². The number of alkyl halides is 2. The van der Waals surface area contributed by atoms with Crippen molar-refractivity contribution in [1.82, 2.24) is 10.6 Å². The highest BCUT2D eigenvalue weighted by Crippen LogP contribution is 2.14. The molecule has 1 aromatic carbocycles. The Morgan fingerprint density at radius 1 is 1.27 bits per heavy atom. The average molecular weight is 370 g/mol. The van der Waals surface area contributed by atoms with E-state index < -0.39 is 12.6 Å². The first kappa shape index (κ1) is 19.6. The second kappa shape index (κ2) is 9.14. The monoisotopic (exact) mass is 370 g/mol. The highest BCUT2D eigenvalue weighted by atomic mass is 19.3. The molecule has 1 heterocycles. The van der Waals surface area contributed by atoms with Crippen LogP contribution in [0.1, 0.15) is 12.5 Å². The van der Waals surface area contributed by atoms with Crippen LogP contribution in [0.5, 0.6) is 5.75 Å². The number of likely N-dealkylation sites (N-methyl/N-ethyl adjacent to an activating group) is 1.